The molecule has 2 rings (SSSR count). The maximum Gasteiger partial charge on any atom is 0.224 e. The smallest absolute Gasteiger partial charge is 0.224 e. The Bertz CT molecular complexity index is 506. The van der Waals surface area contributed by atoms with Crippen molar-refractivity contribution >= 4 is 22.9 Å². The maximum atomic E-state index is 5.67. The Morgan fingerprint density at radius 3 is 3.00 bits per heavy atom. The average Bonchev–Trinajstić information content (AvgIpc) is 2.77. The highest BCUT2D eigenvalue weighted by molar-refractivity contribution is 5.83. The topological polar surface area (TPSA) is 92.5 Å². The van der Waals surface area contributed by atoms with Crippen molar-refractivity contribution < 1.29 is 0 Å². The van der Waals surface area contributed by atoms with E-state index in [0.717, 1.165) is 17.8 Å². The van der Waals surface area contributed by atoms with Crippen molar-refractivity contribution in [2.45, 2.75) is 45.6 Å². The molecule has 0 saturated carbocycles. The zero-order chi connectivity index (χ0) is 13.0. The van der Waals surface area contributed by atoms with Gasteiger partial charge in [0.1, 0.15) is 5.52 Å². The number of hydrogen-bond donors (Lipinski definition) is 3. The summed E-state index contributed by atoms with van der Waals surface area (Å²) in [5.74, 6) is 0.983. The van der Waals surface area contributed by atoms with Crippen molar-refractivity contribution in [1.82, 2.24) is 19.9 Å². The van der Waals surface area contributed by atoms with E-state index in [9.17, 15) is 0 Å². The fraction of sp³-hybridized carbons (Fsp3) is 0.583. The fourth-order valence-corrected chi connectivity index (χ4v) is 1.96. The number of nitrogens with two attached hydrogens (primary N) is 1. The number of fused-ring (bicyclic) bond motifs is 1. The van der Waals surface area contributed by atoms with Crippen LogP contribution in [-0.4, -0.2) is 26.0 Å². The van der Waals surface area contributed by atoms with Crippen LogP contribution in [0.25, 0.3) is 11.2 Å². The van der Waals surface area contributed by atoms with Gasteiger partial charge in [0.25, 0.3) is 0 Å². The molecular formula is C12H20N6. The number of aromatic nitrogens is 4. The zero-order valence-corrected chi connectivity index (χ0v) is 10.9. The molecule has 0 bridgehead atoms. The monoisotopic (exact) mass is 248 g/mol. The molecule has 0 radical (unpaired) electrons. The molecule has 0 saturated heterocycles. The molecular weight excluding hydrogens is 228 g/mol. The molecule has 0 amide bonds. The molecule has 4 N–H and O–H groups in total. The maximum absolute atomic E-state index is 5.67. The second-order valence-electron chi connectivity index (χ2n) is 4.57. The first-order valence-corrected chi connectivity index (χ1v) is 6.43. The molecule has 0 aliphatic heterocycles. The van der Waals surface area contributed by atoms with Crippen LogP contribution >= 0.6 is 0 Å². The normalized spacial score (nSPS) is 12.8. The van der Waals surface area contributed by atoms with E-state index in [2.05, 4.69) is 39.1 Å². The molecule has 6 heteroatoms. The van der Waals surface area contributed by atoms with Crippen LogP contribution in [-0.2, 0) is 0 Å². The van der Waals surface area contributed by atoms with E-state index in [1.165, 1.54) is 19.3 Å². The number of H-pyrrole nitrogens is 1. The summed E-state index contributed by atoms with van der Waals surface area (Å²) >= 11 is 0. The van der Waals surface area contributed by atoms with Crippen molar-refractivity contribution in [1.29, 1.82) is 0 Å². The summed E-state index contributed by atoms with van der Waals surface area (Å²) in [7, 11) is 0. The molecule has 98 valence electrons. The summed E-state index contributed by atoms with van der Waals surface area (Å²) < 4.78 is 0. The first kappa shape index (κ1) is 12.6. The SMILES string of the molecule is CCCCCC(C)Nc1nc(N)nc2nc[nH]c12. The van der Waals surface area contributed by atoms with Gasteiger partial charge in [-0.3, -0.25) is 0 Å². The van der Waals surface area contributed by atoms with E-state index < -0.39 is 0 Å². The van der Waals surface area contributed by atoms with Crippen LogP contribution in [0.1, 0.15) is 39.5 Å². The predicted octanol–water partition coefficient (Wildman–Crippen LogP) is 2.32. The Balaban J connectivity index is 2.08. The number of hydrogen-bond acceptors (Lipinski definition) is 5. The van der Waals surface area contributed by atoms with Gasteiger partial charge in [-0.1, -0.05) is 26.2 Å². The van der Waals surface area contributed by atoms with E-state index in [1.807, 2.05) is 0 Å². The third kappa shape index (κ3) is 2.88. The summed E-state index contributed by atoms with van der Waals surface area (Å²) in [4.78, 5) is 15.4. The lowest BCUT2D eigenvalue weighted by Gasteiger charge is -2.14. The van der Waals surface area contributed by atoms with E-state index in [1.54, 1.807) is 6.33 Å². The summed E-state index contributed by atoms with van der Waals surface area (Å²) in [6.07, 6.45) is 6.44. The van der Waals surface area contributed by atoms with E-state index >= 15 is 0 Å². The summed E-state index contributed by atoms with van der Waals surface area (Å²) in [5.41, 5.74) is 7.08. The Morgan fingerprint density at radius 1 is 1.39 bits per heavy atom. The summed E-state index contributed by atoms with van der Waals surface area (Å²) in [6.45, 7) is 4.35. The number of unbranched alkanes of at least 4 members (excludes halogenated alkanes) is 2. The predicted molar refractivity (Wildman–Crippen MR) is 73.3 cm³/mol. The summed E-state index contributed by atoms with van der Waals surface area (Å²) in [5, 5.41) is 3.37. The van der Waals surface area contributed by atoms with Gasteiger partial charge in [0, 0.05) is 6.04 Å². The molecule has 0 fully saturated rings. The number of nitrogens with one attached hydrogen (secondary N) is 2. The highest BCUT2D eigenvalue weighted by Gasteiger charge is 2.10. The largest absolute Gasteiger partial charge is 0.368 e. The minimum atomic E-state index is 0.248. The Labute approximate surface area is 106 Å². The Hall–Kier alpha value is -1.85. The molecule has 2 heterocycles. The lowest BCUT2D eigenvalue weighted by atomic mass is 10.1. The standard InChI is InChI=1S/C12H20N6/c1-3-4-5-6-8(2)16-11-9-10(15-7-14-9)17-12(13)18-11/h7-8H,3-6H2,1-2H3,(H4,13,14,15,16,17,18). The number of aromatic amines is 1. The molecule has 0 aromatic carbocycles. The molecule has 0 spiro atoms. The van der Waals surface area contributed by atoms with Crippen LogP contribution in [0.4, 0.5) is 11.8 Å². The number of imidazole rings is 1. The lowest BCUT2D eigenvalue weighted by Crippen LogP contribution is -2.17. The molecule has 0 aliphatic carbocycles. The van der Waals surface area contributed by atoms with Crippen molar-refractivity contribution in [2.75, 3.05) is 11.1 Å². The molecule has 2 aromatic heterocycles. The Kier molecular flexibility index (Phi) is 3.96. The Morgan fingerprint density at radius 2 is 2.22 bits per heavy atom. The van der Waals surface area contributed by atoms with Crippen LogP contribution in [0.5, 0.6) is 0 Å². The molecule has 6 nitrogen and oxygen atoms in total. The zero-order valence-electron chi connectivity index (χ0n) is 10.9. The lowest BCUT2D eigenvalue weighted by molar-refractivity contribution is 0.614. The van der Waals surface area contributed by atoms with Crippen LogP contribution < -0.4 is 11.1 Å². The van der Waals surface area contributed by atoms with E-state index in [0.29, 0.717) is 11.7 Å². The van der Waals surface area contributed by atoms with Crippen molar-refractivity contribution in [3.05, 3.63) is 6.33 Å². The van der Waals surface area contributed by atoms with Crippen LogP contribution in [0.2, 0.25) is 0 Å². The van der Waals surface area contributed by atoms with Gasteiger partial charge in [-0.25, -0.2) is 4.98 Å². The van der Waals surface area contributed by atoms with Gasteiger partial charge < -0.3 is 16.0 Å². The molecule has 1 unspecified atom stereocenters. The number of anilines is 2. The van der Waals surface area contributed by atoms with Gasteiger partial charge in [-0.05, 0) is 13.3 Å². The number of nitrogens with zero attached hydrogens (tertiary/aromatic N) is 3. The first-order chi connectivity index (χ1) is 8.70. The highest BCUT2D eigenvalue weighted by atomic mass is 15.1. The van der Waals surface area contributed by atoms with Gasteiger partial charge >= 0.3 is 0 Å². The van der Waals surface area contributed by atoms with Gasteiger partial charge in [0.05, 0.1) is 6.33 Å². The highest BCUT2D eigenvalue weighted by Crippen LogP contribution is 2.19. The average molecular weight is 248 g/mol. The van der Waals surface area contributed by atoms with E-state index in [-0.39, 0.29) is 5.95 Å². The molecule has 0 aliphatic rings. The minimum absolute atomic E-state index is 0.248. The molecule has 2 aromatic rings. The summed E-state index contributed by atoms with van der Waals surface area (Å²) in [6, 6.07) is 0.359. The van der Waals surface area contributed by atoms with Crippen LogP contribution in [0.15, 0.2) is 6.33 Å². The second kappa shape index (κ2) is 5.66. The third-order valence-corrected chi connectivity index (χ3v) is 2.93. The van der Waals surface area contributed by atoms with Gasteiger partial charge in [0.15, 0.2) is 11.5 Å². The number of nitrogen functional groups attached to an aromatic ring is 1. The molecule has 18 heavy (non-hydrogen) atoms. The minimum Gasteiger partial charge on any atom is -0.368 e. The second-order valence-corrected chi connectivity index (χ2v) is 4.57. The van der Waals surface area contributed by atoms with Crippen LogP contribution in [0.3, 0.4) is 0 Å². The van der Waals surface area contributed by atoms with Crippen molar-refractivity contribution in [3.63, 3.8) is 0 Å². The van der Waals surface area contributed by atoms with Gasteiger partial charge in [-0.15, -0.1) is 0 Å². The fourth-order valence-electron chi connectivity index (χ4n) is 1.96. The number of rotatable bonds is 6. The quantitative estimate of drug-likeness (QED) is 0.682. The van der Waals surface area contributed by atoms with Gasteiger partial charge in [-0.2, -0.15) is 9.97 Å². The first-order valence-electron chi connectivity index (χ1n) is 6.43. The van der Waals surface area contributed by atoms with Crippen LogP contribution in [0, 0.1) is 0 Å². The van der Waals surface area contributed by atoms with Gasteiger partial charge in [0.2, 0.25) is 5.95 Å². The third-order valence-electron chi connectivity index (χ3n) is 2.93. The van der Waals surface area contributed by atoms with Crippen molar-refractivity contribution in [3.8, 4) is 0 Å². The van der Waals surface area contributed by atoms with E-state index in [4.69, 9.17) is 5.73 Å². The molecule has 1 atom stereocenters. The van der Waals surface area contributed by atoms with Crippen molar-refractivity contribution in [2.24, 2.45) is 0 Å².